The van der Waals surface area contributed by atoms with Crippen molar-refractivity contribution in [1.82, 2.24) is 0 Å². The molecule has 0 spiro atoms. The maximum Gasteiger partial charge on any atom is 0.0644 e. The van der Waals surface area contributed by atoms with Crippen LogP contribution >= 0.6 is 11.8 Å². The number of aliphatic hydroxyl groups excluding tert-OH is 1. The summed E-state index contributed by atoms with van der Waals surface area (Å²) in [6.07, 6.45) is 8.34. The number of hydrogen-bond donors (Lipinski definition) is 1. The van der Waals surface area contributed by atoms with Crippen LogP contribution in [0.1, 0.15) is 26.7 Å². The molecule has 0 saturated heterocycles. The number of allylic oxidation sites excluding steroid dienone is 3. The van der Waals surface area contributed by atoms with Crippen molar-refractivity contribution in [1.29, 1.82) is 0 Å². The fourth-order valence-corrected chi connectivity index (χ4v) is 1.47. The van der Waals surface area contributed by atoms with Crippen molar-refractivity contribution in [3.8, 4) is 0 Å². The first-order valence-electron chi connectivity index (χ1n) is 4.40. The van der Waals surface area contributed by atoms with Gasteiger partial charge in [-0.2, -0.15) is 0 Å². The van der Waals surface area contributed by atoms with Gasteiger partial charge in [0.25, 0.3) is 0 Å². The molecule has 0 aromatic heterocycles. The summed E-state index contributed by atoms with van der Waals surface area (Å²) in [5.74, 6) is 0. The highest BCUT2D eigenvalue weighted by Gasteiger charge is 2.03. The molecule has 2 heteroatoms. The molecule has 1 nitrogen and oxygen atoms in total. The van der Waals surface area contributed by atoms with Crippen LogP contribution in [0.2, 0.25) is 0 Å². The van der Waals surface area contributed by atoms with Crippen LogP contribution < -0.4 is 0 Å². The molecule has 1 rings (SSSR count). The van der Waals surface area contributed by atoms with Gasteiger partial charge in [0.1, 0.15) is 0 Å². The van der Waals surface area contributed by atoms with E-state index in [4.69, 9.17) is 5.11 Å². The summed E-state index contributed by atoms with van der Waals surface area (Å²) in [5.41, 5.74) is 1.15. The van der Waals surface area contributed by atoms with E-state index in [1.54, 1.807) is 11.8 Å². The summed E-state index contributed by atoms with van der Waals surface area (Å²) in [6, 6.07) is 0. The van der Waals surface area contributed by atoms with Gasteiger partial charge < -0.3 is 5.11 Å². The predicted molar refractivity (Wildman–Crippen MR) is 57.3 cm³/mol. The Morgan fingerprint density at radius 2 is 2.00 bits per heavy atom. The van der Waals surface area contributed by atoms with Crippen LogP contribution in [0.3, 0.4) is 0 Å². The lowest BCUT2D eigenvalue weighted by Crippen LogP contribution is -1.94. The topological polar surface area (TPSA) is 20.2 Å². The monoisotopic (exact) mass is 186 g/mol. The Hall–Kier alpha value is -0.210. The Morgan fingerprint density at radius 1 is 1.33 bits per heavy atom. The van der Waals surface area contributed by atoms with Gasteiger partial charge in [-0.05, 0) is 29.6 Å². The zero-order valence-corrected chi connectivity index (χ0v) is 8.95. The third kappa shape index (κ3) is 3.98. The van der Waals surface area contributed by atoms with Crippen LogP contribution in [0.5, 0.6) is 0 Å². The van der Waals surface area contributed by atoms with Crippen molar-refractivity contribution in [2.75, 3.05) is 12.9 Å². The van der Waals surface area contributed by atoms with Crippen LogP contribution in [0, 0.1) is 0 Å². The molecule has 0 aromatic rings. The quantitative estimate of drug-likeness (QED) is 0.715. The van der Waals surface area contributed by atoms with Crippen LogP contribution in [-0.2, 0) is 0 Å². The average Bonchev–Trinajstić information content (AvgIpc) is 2.21. The first kappa shape index (κ1) is 11.8. The average molecular weight is 186 g/mol. The minimum absolute atomic E-state index is 0.220. The third-order valence-electron chi connectivity index (χ3n) is 1.66. The van der Waals surface area contributed by atoms with E-state index in [1.165, 1.54) is 4.91 Å². The number of rotatable bonds is 2. The zero-order chi connectivity index (χ0) is 9.40. The maximum absolute atomic E-state index is 8.75. The van der Waals surface area contributed by atoms with Crippen LogP contribution in [0.25, 0.3) is 0 Å². The van der Waals surface area contributed by atoms with Crippen LogP contribution in [0.4, 0.5) is 0 Å². The van der Waals surface area contributed by atoms with Gasteiger partial charge in [-0.15, -0.1) is 11.8 Å². The highest BCUT2D eigenvalue weighted by atomic mass is 32.2. The molecule has 1 aliphatic carbocycles. The molecule has 0 aliphatic heterocycles. The van der Waals surface area contributed by atoms with E-state index in [0.29, 0.717) is 0 Å². The summed E-state index contributed by atoms with van der Waals surface area (Å²) < 4.78 is 0. The molecular weight excluding hydrogens is 168 g/mol. The summed E-state index contributed by atoms with van der Waals surface area (Å²) in [6.45, 7) is 4.22. The Bertz CT molecular complexity index is 151. The van der Waals surface area contributed by atoms with E-state index in [2.05, 4.69) is 12.3 Å². The molecule has 0 saturated carbocycles. The third-order valence-corrected chi connectivity index (χ3v) is 2.53. The first-order chi connectivity index (χ1) is 5.86. The Balaban J connectivity index is 0.000000561. The molecule has 1 aliphatic rings. The molecule has 0 radical (unpaired) electrons. The fraction of sp³-hybridized carbons (Fsp3) is 0.600. The van der Waals surface area contributed by atoms with E-state index in [-0.39, 0.29) is 6.61 Å². The maximum atomic E-state index is 8.75. The SMILES string of the molecule is CC.CSC1=CC=C(CO)CC1. The van der Waals surface area contributed by atoms with E-state index in [1.807, 2.05) is 19.9 Å². The minimum Gasteiger partial charge on any atom is -0.392 e. The molecule has 0 heterocycles. The zero-order valence-electron chi connectivity index (χ0n) is 8.13. The molecule has 0 amide bonds. The van der Waals surface area contributed by atoms with Gasteiger partial charge in [0.2, 0.25) is 0 Å². The van der Waals surface area contributed by atoms with E-state index in [9.17, 15) is 0 Å². The second kappa shape index (κ2) is 7.44. The lowest BCUT2D eigenvalue weighted by Gasteiger charge is -2.10. The van der Waals surface area contributed by atoms with Crippen molar-refractivity contribution >= 4 is 11.8 Å². The van der Waals surface area contributed by atoms with Crippen molar-refractivity contribution in [3.05, 3.63) is 22.6 Å². The van der Waals surface area contributed by atoms with Gasteiger partial charge in [0.05, 0.1) is 6.61 Å². The van der Waals surface area contributed by atoms with E-state index >= 15 is 0 Å². The number of thioether (sulfide) groups is 1. The van der Waals surface area contributed by atoms with Gasteiger partial charge >= 0.3 is 0 Å². The fourth-order valence-electron chi connectivity index (χ4n) is 0.963. The van der Waals surface area contributed by atoms with Crippen molar-refractivity contribution < 1.29 is 5.11 Å². The summed E-state index contributed by atoms with van der Waals surface area (Å²) in [4.78, 5) is 1.41. The summed E-state index contributed by atoms with van der Waals surface area (Å²) in [5, 5.41) is 8.75. The largest absolute Gasteiger partial charge is 0.392 e. The Kier molecular flexibility index (Phi) is 7.31. The summed E-state index contributed by atoms with van der Waals surface area (Å²) in [7, 11) is 0. The lowest BCUT2D eigenvalue weighted by molar-refractivity contribution is 0.326. The van der Waals surface area contributed by atoms with Gasteiger partial charge in [0, 0.05) is 0 Å². The van der Waals surface area contributed by atoms with E-state index in [0.717, 1.165) is 18.4 Å². The molecule has 70 valence electrons. The van der Waals surface area contributed by atoms with E-state index < -0.39 is 0 Å². The van der Waals surface area contributed by atoms with Crippen molar-refractivity contribution in [2.24, 2.45) is 0 Å². The number of hydrogen-bond acceptors (Lipinski definition) is 2. The molecular formula is C10H18OS. The lowest BCUT2D eigenvalue weighted by atomic mass is 10.1. The first-order valence-corrected chi connectivity index (χ1v) is 5.62. The highest BCUT2D eigenvalue weighted by molar-refractivity contribution is 8.02. The second-order valence-electron chi connectivity index (χ2n) is 2.32. The van der Waals surface area contributed by atoms with Gasteiger partial charge in [0.15, 0.2) is 0 Å². The molecule has 0 aromatic carbocycles. The molecule has 1 N–H and O–H groups in total. The molecule has 12 heavy (non-hydrogen) atoms. The van der Waals surface area contributed by atoms with Crippen LogP contribution in [-0.4, -0.2) is 18.0 Å². The highest BCUT2D eigenvalue weighted by Crippen LogP contribution is 2.24. The van der Waals surface area contributed by atoms with Gasteiger partial charge in [-0.25, -0.2) is 0 Å². The molecule has 0 bridgehead atoms. The molecule has 0 fully saturated rings. The smallest absolute Gasteiger partial charge is 0.0644 e. The number of aliphatic hydroxyl groups is 1. The van der Waals surface area contributed by atoms with Gasteiger partial charge in [-0.3, -0.25) is 0 Å². The normalized spacial score (nSPS) is 15.7. The van der Waals surface area contributed by atoms with Crippen LogP contribution in [0.15, 0.2) is 22.6 Å². The van der Waals surface area contributed by atoms with Crippen molar-refractivity contribution in [2.45, 2.75) is 26.7 Å². The molecule has 0 atom stereocenters. The molecule has 0 unspecified atom stereocenters. The Morgan fingerprint density at radius 3 is 2.33 bits per heavy atom. The van der Waals surface area contributed by atoms with Gasteiger partial charge in [-0.1, -0.05) is 26.0 Å². The van der Waals surface area contributed by atoms with Crippen molar-refractivity contribution in [3.63, 3.8) is 0 Å². The Labute approximate surface area is 79.6 Å². The minimum atomic E-state index is 0.220. The predicted octanol–water partition coefficient (Wildman–Crippen LogP) is 2.97. The second-order valence-corrected chi connectivity index (χ2v) is 3.25. The summed E-state index contributed by atoms with van der Waals surface area (Å²) >= 11 is 1.79. The standard InChI is InChI=1S/C8H12OS.C2H6/c1-10-8-4-2-7(6-9)3-5-8;1-2/h2,4,9H,3,5-6H2,1H3;1-2H3.